The second kappa shape index (κ2) is 4.21. The van der Waals surface area contributed by atoms with Crippen LogP contribution in [0.2, 0.25) is 0 Å². The maximum absolute atomic E-state index is 4.17. The summed E-state index contributed by atoms with van der Waals surface area (Å²) in [7, 11) is 0. The Bertz CT molecular complexity index is 553. The van der Waals surface area contributed by atoms with E-state index in [1.807, 2.05) is 0 Å². The molecular weight excluding hydrogens is 204 g/mol. The van der Waals surface area contributed by atoms with Crippen LogP contribution in [0.5, 0.6) is 0 Å². The molecule has 0 saturated carbocycles. The van der Waals surface area contributed by atoms with Crippen molar-refractivity contribution in [1.82, 2.24) is 0 Å². The summed E-state index contributed by atoms with van der Waals surface area (Å²) in [5, 5.41) is 0. The van der Waals surface area contributed by atoms with Gasteiger partial charge in [0.1, 0.15) is 0 Å². The minimum atomic E-state index is 1.03. The average molecular weight is 220 g/mol. The van der Waals surface area contributed by atoms with Crippen molar-refractivity contribution in [3.05, 3.63) is 77.4 Å². The van der Waals surface area contributed by atoms with E-state index in [1.165, 1.54) is 28.7 Å². The van der Waals surface area contributed by atoms with Crippen molar-refractivity contribution < 1.29 is 0 Å². The van der Waals surface area contributed by atoms with Gasteiger partial charge in [-0.3, -0.25) is 0 Å². The highest BCUT2D eigenvalue weighted by Gasteiger charge is 2.15. The number of hydrogen-bond donors (Lipinski definition) is 0. The number of benzene rings is 1. The quantitative estimate of drug-likeness (QED) is 0.655. The summed E-state index contributed by atoms with van der Waals surface area (Å²) >= 11 is 0. The molecule has 0 spiro atoms. The third-order valence-corrected chi connectivity index (χ3v) is 3.46. The molecule has 84 valence electrons. The van der Waals surface area contributed by atoms with Gasteiger partial charge in [0.05, 0.1) is 0 Å². The van der Waals surface area contributed by atoms with E-state index in [1.54, 1.807) is 0 Å². The van der Waals surface area contributed by atoms with Crippen LogP contribution in [-0.4, -0.2) is 0 Å². The maximum Gasteiger partial charge on any atom is -0.00136 e. The fourth-order valence-electron chi connectivity index (χ4n) is 2.57. The molecule has 0 radical (unpaired) electrons. The van der Waals surface area contributed by atoms with Crippen LogP contribution in [0, 0.1) is 0 Å². The Labute approximate surface area is 103 Å². The van der Waals surface area contributed by atoms with Crippen LogP contribution in [0.3, 0.4) is 0 Å². The Morgan fingerprint density at radius 3 is 2.76 bits per heavy atom. The van der Waals surface area contributed by atoms with E-state index in [2.05, 4.69) is 55.1 Å². The summed E-state index contributed by atoms with van der Waals surface area (Å²) in [4.78, 5) is 0. The second-order valence-electron chi connectivity index (χ2n) is 4.67. The molecule has 0 unspecified atom stereocenters. The van der Waals surface area contributed by atoms with Gasteiger partial charge in [-0.25, -0.2) is 0 Å². The first-order valence-corrected chi connectivity index (χ1v) is 6.19. The standard InChI is InChI=1S/C17H16/c1-13-11-16(14-7-3-2-4-8-14)12-15-9-5-6-10-17(13)15/h3,5-11H,1-2,4,12H2. The highest BCUT2D eigenvalue weighted by molar-refractivity contribution is 5.79. The molecule has 0 saturated heterocycles. The van der Waals surface area contributed by atoms with E-state index in [0.29, 0.717) is 0 Å². The molecule has 0 bridgehead atoms. The first-order chi connectivity index (χ1) is 8.34. The molecule has 0 aromatic heterocycles. The predicted molar refractivity (Wildman–Crippen MR) is 73.7 cm³/mol. The molecule has 1 aromatic carbocycles. The van der Waals surface area contributed by atoms with Crippen molar-refractivity contribution in [2.45, 2.75) is 19.3 Å². The smallest absolute Gasteiger partial charge is 0.00136 e. The summed E-state index contributed by atoms with van der Waals surface area (Å²) in [5.41, 5.74) is 6.63. The van der Waals surface area contributed by atoms with E-state index < -0.39 is 0 Å². The van der Waals surface area contributed by atoms with Crippen molar-refractivity contribution in [3.63, 3.8) is 0 Å². The molecule has 0 atom stereocenters. The minimum absolute atomic E-state index is 1.03. The number of rotatable bonds is 1. The zero-order valence-electron chi connectivity index (χ0n) is 9.95. The molecule has 0 aliphatic heterocycles. The molecule has 0 fully saturated rings. The molecule has 0 heteroatoms. The van der Waals surface area contributed by atoms with E-state index >= 15 is 0 Å². The van der Waals surface area contributed by atoms with E-state index in [0.717, 1.165) is 18.4 Å². The monoisotopic (exact) mass is 220 g/mol. The summed E-state index contributed by atoms with van der Waals surface area (Å²) in [6.07, 6.45) is 12.5. The Balaban J connectivity index is 1.99. The van der Waals surface area contributed by atoms with Gasteiger partial charge < -0.3 is 0 Å². The fraction of sp³-hybridized carbons (Fsp3) is 0.176. The van der Waals surface area contributed by atoms with Gasteiger partial charge in [-0.15, -0.1) is 0 Å². The zero-order valence-corrected chi connectivity index (χ0v) is 9.95. The third-order valence-electron chi connectivity index (χ3n) is 3.46. The first-order valence-electron chi connectivity index (χ1n) is 6.19. The lowest BCUT2D eigenvalue weighted by molar-refractivity contribution is 1.01. The van der Waals surface area contributed by atoms with Crippen molar-refractivity contribution in [2.75, 3.05) is 0 Å². The number of allylic oxidation sites excluding steroid dienone is 7. The third kappa shape index (κ3) is 1.91. The molecule has 0 nitrogen and oxygen atoms in total. The average Bonchev–Trinajstić information content (AvgIpc) is 2.40. The first kappa shape index (κ1) is 10.3. The van der Waals surface area contributed by atoms with E-state index in [9.17, 15) is 0 Å². The maximum atomic E-state index is 4.17. The van der Waals surface area contributed by atoms with Gasteiger partial charge in [0.15, 0.2) is 0 Å². The Morgan fingerprint density at radius 2 is 1.94 bits per heavy atom. The van der Waals surface area contributed by atoms with Crippen molar-refractivity contribution in [2.24, 2.45) is 0 Å². The van der Waals surface area contributed by atoms with Crippen LogP contribution in [0.4, 0.5) is 0 Å². The molecule has 17 heavy (non-hydrogen) atoms. The summed E-state index contributed by atoms with van der Waals surface area (Å²) in [6.45, 7) is 4.17. The largest absolute Gasteiger partial charge is 0.0911 e. The lowest BCUT2D eigenvalue weighted by atomic mass is 9.84. The van der Waals surface area contributed by atoms with E-state index in [-0.39, 0.29) is 0 Å². The SMILES string of the molecule is C=C1C=C(C2=CCCC=C2)Cc2ccccc21. The van der Waals surface area contributed by atoms with Crippen LogP contribution in [0.1, 0.15) is 24.0 Å². The van der Waals surface area contributed by atoms with Crippen LogP contribution in [0.25, 0.3) is 5.57 Å². The molecule has 1 aromatic rings. The molecule has 0 heterocycles. The Morgan fingerprint density at radius 1 is 1.06 bits per heavy atom. The number of hydrogen-bond acceptors (Lipinski definition) is 0. The zero-order chi connectivity index (χ0) is 11.7. The molecule has 2 aliphatic carbocycles. The number of fused-ring (bicyclic) bond motifs is 1. The lowest BCUT2D eigenvalue weighted by Gasteiger charge is -2.20. The van der Waals surface area contributed by atoms with Gasteiger partial charge in [0.2, 0.25) is 0 Å². The molecule has 2 aliphatic rings. The van der Waals surface area contributed by atoms with Gasteiger partial charge >= 0.3 is 0 Å². The highest BCUT2D eigenvalue weighted by Crippen LogP contribution is 2.32. The molecule has 3 rings (SSSR count). The predicted octanol–water partition coefficient (Wildman–Crippen LogP) is 4.46. The van der Waals surface area contributed by atoms with Crippen LogP contribution < -0.4 is 0 Å². The summed E-state index contributed by atoms with van der Waals surface area (Å²) in [5.74, 6) is 0. The summed E-state index contributed by atoms with van der Waals surface area (Å²) < 4.78 is 0. The molecule has 0 N–H and O–H groups in total. The highest BCUT2D eigenvalue weighted by atomic mass is 14.2. The second-order valence-corrected chi connectivity index (χ2v) is 4.67. The van der Waals surface area contributed by atoms with Gasteiger partial charge in [-0.2, -0.15) is 0 Å². The van der Waals surface area contributed by atoms with Gasteiger partial charge in [0.25, 0.3) is 0 Å². The van der Waals surface area contributed by atoms with Crippen molar-refractivity contribution >= 4 is 5.57 Å². The van der Waals surface area contributed by atoms with Gasteiger partial charge in [-0.1, -0.05) is 55.1 Å². The van der Waals surface area contributed by atoms with Crippen molar-refractivity contribution in [1.29, 1.82) is 0 Å². The topological polar surface area (TPSA) is 0 Å². The summed E-state index contributed by atoms with van der Waals surface area (Å²) in [6, 6.07) is 8.57. The minimum Gasteiger partial charge on any atom is -0.0911 e. The van der Waals surface area contributed by atoms with Gasteiger partial charge in [0, 0.05) is 0 Å². The lowest BCUT2D eigenvalue weighted by Crippen LogP contribution is -2.04. The fourth-order valence-corrected chi connectivity index (χ4v) is 2.57. The normalized spacial score (nSPS) is 18.5. The Hall–Kier alpha value is -1.82. The van der Waals surface area contributed by atoms with E-state index in [4.69, 9.17) is 0 Å². The van der Waals surface area contributed by atoms with Crippen LogP contribution in [0.15, 0.2) is 66.3 Å². The van der Waals surface area contributed by atoms with Crippen molar-refractivity contribution in [3.8, 4) is 0 Å². The molecular formula is C17H16. The van der Waals surface area contributed by atoms with Crippen LogP contribution in [-0.2, 0) is 6.42 Å². The Kier molecular flexibility index (Phi) is 2.56. The van der Waals surface area contributed by atoms with Crippen LogP contribution >= 0.6 is 0 Å². The molecule has 0 amide bonds. The van der Waals surface area contributed by atoms with Gasteiger partial charge in [-0.05, 0) is 47.1 Å².